The lowest BCUT2D eigenvalue weighted by Gasteiger charge is -2.25. The predicted molar refractivity (Wildman–Crippen MR) is 85.7 cm³/mol. The van der Waals surface area contributed by atoms with Gasteiger partial charge in [0.2, 0.25) is 5.91 Å². The van der Waals surface area contributed by atoms with Gasteiger partial charge in [0.1, 0.15) is 11.5 Å². The molecule has 25 heavy (non-hydrogen) atoms. The summed E-state index contributed by atoms with van der Waals surface area (Å²) in [6.45, 7) is 1.79. The summed E-state index contributed by atoms with van der Waals surface area (Å²) in [5.41, 5.74) is 5.46. The first-order valence-electron chi connectivity index (χ1n) is 7.53. The van der Waals surface area contributed by atoms with Gasteiger partial charge in [-0.1, -0.05) is 35.5 Å². The minimum Gasteiger partial charge on any atom is -0.366 e. The largest absolute Gasteiger partial charge is 0.416 e. The smallest absolute Gasteiger partial charge is 0.366 e. The lowest BCUT2D eigenvalue weighted by Crippen LogP contribution is -2.22. The van der Waals surface area contributed by atoms with E-state index in [1.165, 1.54) is 6.08 Å². The van der Waals surface area contributed by atoms with Crippen LogP contribution in [0.4, 0.5) is 13.2 Å². The van der Waals surface area contributed by atoms with E-state index in [0.29, 0.717) is 17.0 Å². The minimum absolute atomic E-state index is 0.160. The molecule has 0 fully saturated rings. The molecule has 4 nitrogen and oxygen atoms in total. The Hall–Kier alpha value is -2.83. The zero-order valence-electron chi connectivity index (χ0n) is 13.3. The molecule has 1 amide bonds. The van der Waals surface area contributed by atoms with Crippen LogP contribution in [0.1, 0.15) is 29.5 Å². The summed E-state index contributed by atoms with van der Waals surface area (Å²) in [7, 11) is 0. The lowest BCUT2D eigenvalue weighted by molar-refractivity contribution is -0.0888. The fraction of sp³-hybridized carbons (Fsp3) is 0.222. The Labute approximate surface area is 141 Å². The average Bonchev–Trinajstić information content (AvgIpc) is 3.05. The Kier molecular flexibility index (Phi) is 4.02. The van der Waals surface area contributed by atoms with Crippen molar-refractivity contribution in [2.45, 2.75) is 24.9 Å². The van der Waals surface area contributed by atoms with Crippen molar-refractivity contribution in [3.8, 4) is 11.3 Å². The standard InChI is InChI=1S/C18H15F3N2O2/c1-17(8-6-13(7-9-17)18(19,20)21)15-10-14(23-25-15)11-2-4-12(5-3-11)16(22)24/h2-8,10H,9H2,1H3,(H2,22,24). The van der Waals surface area contributed by atoms with Crippen molar-refractivity contribution in [1.29, 1.82) is 0 Å². The number of benzene rings is 1. The molecule has 7 heteroatoms. The minimum atomic E-state index is -4.35. The quantitative estimate of drug-likeness (QED) is 0.906. The number of allylic oxidation sites excluding steroid dienone is 4. The molecule has 0 radical (unpaired) electrons. The van der Waals surface area contributed by atoms with Crippen molar-refractivity contribution in [1.82, 2.24) is 5.16 Å². The molecule has 1 aliphatic carbocycles. The van der Waals surface area contributed by atoms with Gasteiger partial charge in [0.15, 0.2) is 0 Å². The van der Waals surface area contributed by atoms with Gasteiger partial charge in [0.25, 0.3) is 0 Å². The lowest BCUT2D eigenvalue weighted by atomic mass is 9.79. The van der Waals surface area contributed by atoms with Crippen LogP contribution in [0.25, 0.3) is 11.3 Å². The number of nitrogens with two attached hydrogens (primary N) is 1. The van der Waals surface area contributed by atoms with Crippen LogP contribution in [0.2, 0.25) is 0 Å². The molecule has 2 aromatic rings. The monoisotopic (exact) mass is 348 g/mol. The van der Waals surface area contributed by atoms with Gasteiger partial charge < -0.3 is 10.3 Å². The first kappa shape index (κ1) is 17.0. The molecule has 1 aromatic carbocycles. The first-order valence-corrected chi connectivity index (χ1v) is 7.53. The van der Waals surface area contributed by atoms with Crippen LogP contribution >= 0.6 is 0 Å². The number of halogens is 3. The number of hydrogen-bond donors (Lipinski definition) is 1. The second-order valence-corrected chi connectivity index (χ2v) is 6.13. The number of carbonyl (C=O) groups is 1. The summed E-state index contributed by atoms with van der Waals surface area (Å²) >= 11 is 0. The molecule has 0 saturated heterocycles. The van der Waals surface area contributed by atoms with E-state index in [1.54, 1.807) is 37.3 Å². The van der Waals surface area contributed by atoms with Gasteiger partial charge in [-0.2, -0.15) is 13.2 Å². The van der Waals surface area contributed by atoms with E-state index >= 15 is 0 Å². The number of carbonyl (C=O) groups excluding carboxylic acids is 1. The molecule has 0 spiro atoms. The number of alkyl halides is 3. The maximum Gasteiger partial charge on any atom is 0.416 e. The van der Waals surface area contributed by atoms with Crippen molar-refractivity contribution >= 4 is 5.91 Å². The highest BCUT2D eigenvalue weighted by atomic mass is 19.4. The van der Waals surface area contributed by atoms with Gasteiger partial charge in [0, 0.05) is 17.2 Å². The molecule has 1 aromatic heterocycles. The Morgan fingerprint density at radius 2 is 1.96 bits per heavy atom. The summed E-state index contributed by atoms with van der Waals surface area (Å²) in [6, 6.07) is 8.21. The van der Waals surface area contributed by atoms with Crippen molar-refractivity contribution in [2.75, 3.05) is 0 Å². The highest BCUT2D eigenvalue weighted by molar-refractivity contribution is 5.93. The third-order valence-corrected chi connectivity index (χ3v) is 4.24. The van der Waals surface area contributed by atoms with E-state index in [-0.39, 0.29) is 6.42 Å². The number of primary amides is 1. The third kappa shape index (κ3) is 3.35. The number of nitrogens with zero attached hydrogens (tertiary/aromatic N) is 1. The molecule has 1 unspecified atom stereocenters. The van der Waals surface area contributed by atoms with Crippen LogP contribution in [0.15, 0.2) is 58.7 Å². The van der Waals surface area contributed by atoms with E-state index < -0.39 is 23.1 Å². The molecule has 1 atom stereocenters. The molecule has 0 saturated carbocycles. The third-order valence-electron chi connectivity index (χ3n) is 4.24. The summed E-state index contributed by atoms with van der Waals surface area (Å²) in [6.07, 6.45) is -0.492. The Balaban J connectivity index is 1.83. The van der Waals surface area contributed by atoms with Crippen molar-refractivity contribution in [2.24, 2.45) is 5.73 Å². The second kappa shape index (κ2) is 5.91. The summed E-state index contributed by atoms with van der Waals surface area (Å²) in [4.78, 5) is 11.1. The van der Waals surface area contributed by atoms with Crippen molar-refractivity contribution in [3.05, 3.63) is 65.5 Å². The molecular weight excluding hydrogens is 333 g/mol. The number of amides is 1. The van der Waals surface area contributed by atoms with Crippen LogP contribution in [0.5, 0.6) is 0 Å². The Morgan fingerprint density at radius 3 is 2.48 bits per heavy atom. The van der Waals surface area contributed by atoms with Gasteiger partial charge in [-0.15, -0.1) is 0 Å². The summed E-state index contributed by atoms with van der Waals surface area (Å²) in [5.74, 6) is -0.0605. The first-order chi connectivity index (χ1) is 11.7. The maximum atomic E-state index is 12.7. The highest BCUT2D eigenvalue weighted by Gasteiger charge is 2.37. The number of rotatable bonds is 3. The molecule has 1 aliphatic rings. The van der Waals surface area contributed by atoms with E-state index in [1.807, 2.05) is 0 Å². The average molecular weight is 348 g/mol. The zero-order chi connectivity index (χ0) is 18.2. The van der Waals surface area contributed by atoms with Gasteiger partial charge in [0.05, 0.1) is 11.0 Å². The molecular formula is C18H15F3N2O2. The Bertz CT molecular complexity index is 863. The summed E-state index contributed by atoms with van der Waals surface area (Å²) < 4.78 is 43.5. The van der Waals surface area contributed by atoms with Gasteiger partial charge >= 0.3 is 6.18 Å². The molecule has 2 N–H and O–H groups in total. The predicted octanol–water partition coefficient (Wildman–Crippen LogP) is 4.15. The van der Waals surface area contributed by atoms with Gasteiger partial charge in [-0.05, 0) is 25.5 Å². The molecule has 130 valence electrons. The second-order valence-electron chi connectivity index (χ2n) is 6.13. The van der Waals surface area contributed by atoms with Crippen molar-refractivity contribution in [3.63, 3.8) is 0 Å². The van der Waals surface area contributed by atoms with E-state index in [4.69, 9.17) is 10.3 Å². The molecule has 0 aliphatic heterocycles. The van der Waals surface area contributed by atoms with Gasteiger partial charge in [-0.25, -0.2) is 0 Å². The van der Waals surface area contributed by atoms with Crippen LogP contribution in [0.3, 0.4) is 0 Å². The van der Waals surface area contributed by atoms with Crippen LogP contribution in [-0.4, -0.2) is 17.2 Å². The topological polar surface area (TPSA) is 69.1 Å². The normalized spacial score (nSPS) is 20.4. The zero-order valence-corrected chi connectivity index (χ0v) is 13.3. The van der Waals surface area contributed by atoms with E-state index in [9.17, 15) is 18.0 Å². The van der Waals surface area contributed by atoms with Crippen LogP contribution in [-0.2, 0) is 5.41 Å². The Morgan fingerprint density at radius 1 is 1.28 bits per heavy atom. The SMILES string of the molecule is CC1(c2cc(-c3ccc(C(N)=O)cc3)no2)C=CC(C(F)(F)F)=CC1. The summed E-state index contributed by atoms with van der Waals surface area (Å²) in [5, 5.41) is 3.98. The van der Waals surface area contributed by atoms with E-state index in [0.717, 1.165) is 17.7 Å². The van der Waals surface area contributed by atoms with E-state index in [2.05, 4.69) is 5.16 Å². The number of aromatic nitrogens is 1. The number of hydrogen-bond acceptors (Lipinski definition) is 3. The van der Waals surface area contributed by atoms with Crippen LogP contribution < -0.4 is 5.73 Å². The fourth-order valence-corrected chi connectivity index (χ4v) is 2.61. The molecule has 0 bridgehead atoms. The van der Waals surface area contributed by atoms with Crippen LogP contribution in [0, 0.1) is 0 Å². The molecule has 3 rings (SSSR count). The molecule has 1 heterocycles. The fourth-order valence-electron chi connectivity index (χ4n) is 2.61. The highest BCUT2D eigenvalue weighted by Crippen LogP contribution is 2.39. The maximum absolute atomic E-state index is 12.7. The van der Waals surface area contributed by atoms with Crippen molar-refractivity contribution < 1.29 is 22.5 Å². The van der Waals surface area contributed by atoms with Gasteiger partial charge in [-0.3, -0.25) is 4.79 Å².